The maximum atomic E-state index is 12.3. The third kappa shape index (κ3) is 1.69. The van der Waals surface area contributed by atoms with Gasteiger partial charge in [0.15, 0.2) is 5.60 Å². The summed E-state index contributed by atoms with van der Waals surface area (Å²) in [5.74, 6) is -0.426. The Labute approximate surface area is 77.6 Å². The summed E-state index contributed by atoms with van der Waals surface area (Å²) in [6.07, 6.45) is -5.18. The molecule has 0 aromatic heterocycles. The van der Waals surface area contributed by atoms with Gasteiger partial charge in [0.05, 0.1) is 6.54 Å². The lowest BCUT2D eigenvalue weighted by Gasteiger charge is -2.25. The Morgan fingerprint density at radius 2 is 2.07 bits per heavy atom. The molecule has 1 saturated heterocycles. The van der Waals surface area contributed by atoms with Crippen molar-refractivity contribution in [1.29, 1.82) is 0 Å². The molecule has 14 heavy (non-hydrogen) atoms. The average molecular weight is 213 g/mol. The van der Waals surface area contributed by atoms with Crippen molar-refractivity contribution in [2.75, 3.05) is 13.1 Å². The zero-order valence-corrected chi connectivity index (χ0v) is 7.12. The van der Waals surface area contributed by atoms with Gasteiger partial charge in [0.25, 0.3) is 0 Å². The van der Waals surface area contributed by atoms with Gasteiger partial charge in [-0.3, -0.25) is 0 Å². The quantitative estimate of drug-likeness (QED) is 0.223. The van der Waals surface area contributed by atoms with E-state index in [2.05, 4.69) is 5.16 Å². The van der Waals surface area contributed by atoms with Crippen LogP contribution in [-0.4, -0.2) is 46.0 Å². The molecular formula is C6H10F3N3O2. The highest BCUT2D eigenvalue weighted by Gasteiger charge is 2.57. The number of rotatable bonds is 0. The molecule has 0 radical (unpaired) electrons. The van der Waals surface area contributed by atoms with Gasteiger partial charge < -0.3 is 20.9 Å². The van der Waals surface area contributed by atoms with Crippen LogP contribution in [0.25, 0.3) is 0 Å². The third-order valence-electron chi connectivity index (χ3n) is 2.20. The maximum Gasteiger partial charge on any atom is 0.419 e. The van der Waals surface area contributed by atoms with E-state index in [0.717, 1.165) is 4.90 Å². The van der Waals surface area contributed by atoms with Gasteiger partial charge in [0, 0.05) is 13.0 Å². The van der Waals surface area contributed by atoms with Crippen LogP contribution in [0.3, 0.4) is 0 Å². The smallest absolute Gasteiger partial charge is 0.408 e. The van der Waals surface area contributed by atoms with Crippen LogP contribution in [0.15, 0.2) is 5.16 Å². The first kappa shape index (κ1) is 10.9. The van der Waals surface area contributed by atoms with Gasteiger partial charge in [-0.1, -0.05) is 5.16 Å². The van der Waals surface area contributed by atoms with Crippen LogP contribution in [0.2, 0.25) is 0 Å². The van der Waals surface area contributed by atoms with E-state index in [1.807, 2.05) is 0 Å². The van der Waals surface area contributed by atoms with Crippen LogP contribution in [0.4, 0.5) is 13.2 Å². The fourth-order valence-electron chi connectivity index (χ4n) is 1.28. The van der Waals surface area contributed by atoms with Crippen LogP contribution in [-0.2, 0) is 0 Å². The standard InChI is InChI=1S/C6H10F3N3O2/c7-6(8,9)5(13)1-2-12(3-5)4(10)11-14/h13-14H,1-3H2,(H2,10,11). The van der Waals surface area contributed by atoms with Gasteiger partial charge in [-0.15, -0.1) is 0 Å². The minimum Gasteiger partial charge on any atom is -0.408 e. The van der Waals surface area contributed by atoms with E-state index in [1.54, 1.807) is 0 Å². The molecular weight excluding hydrogens is 203 g/mol. The summed E-state index contributed by atoms with van der Waals surface area (Å²) in [7, 11) is 0. The molecule has 1 aliphatic heterocycles. The summed E-state index contributed by atoms with van der Waals surface area (Å²) in [5, 5.41) is 20.0. The SMILES string of the molecule is N/C(=N\O)N1CCC(O)(C(F)(F)F)C1. The Balaban J connectivity index is 2.74. The lowest BCUT2D eigenvalue weighted by Crippen LogP contribution is -2.48. The van der Waals surface area contributed by atoms with Gasteiger partial charge in [-0.2, -0.15) is 13.2 Å². The minimum atomic E-state index is -4.70. The van der Waals surface area contributed by atoms with Crippen LogP contribution in [0.1, 0.15) is 6.42 Å². The molecule has 1 aliphatic rings. The number of hydrogen-bond donors (Lipinski definition) is 3. The molecule has 1 rings (SSSR count). The molecule has 82 valence electrons. The molecule has 0 aliphatic carbocycles. The second kappa shape index (κ2) is 3.19. The molecule has 1 fully saturated rings. The highest BCUT2D eigenvalue weighted by Crippen LogP contribution is 2.37. The number of hydrogen-bond acceptors (Lipinski definition) is 3. The van der Waals surface area contributed by atoms with E-state index in [9.17, 15) is 18.3 Å². The lowest BCUT2D eigenvalue weighted by atomic mass is 10.0. The summed E-state index contributed by atoms with van der Waals surface area (Å²) in [6, 6.07) is 0. The molecule has 8 heteroatoms. The highest BCUT2D eigenvalue weighted by atomic mass is 19.4. The number of likely N-dealkylation sites (tertiary alicyclic amines) is 1. The van der Waals surface area contributed by atoms with Crippen LogP contribution in [0.5, 0.6) is 0 Å². The molecule has 1 unspecified atom stereocenters. The van der Waals surface area contributed by atoms with Crippen molar-refractivity contribution in [3.63, 3.8) is 0 Å². The Morgan fingerprint density at radius 1 is 1.50 bits per heavy atom. The first-order valence-corrected chi connectivity index (χ1v) is 3.82. The monoisotopic (exact) mass is 213 g/mol. The first-order valence-electron chi connectivity index (χ1n) is 3.82. The zero-order chi connectivity index (χ0) is 11.0. The Bertz CT molecular complexity index is 255. The summed E-state index contributed by atoms with van der Waals surface area (Å²) in [4.78, 5) is 0.966. The van der Waals surface area contributed by atoms with Gasteiger partial charge in [-0.05, 0) is 0 Å². The molecule has 0 bridgehead atoms. The van der Waals surface area contributed by atoms with E-state index in [1.165, 1.54) is 0 Å². The Hall–Kier alpha value is -1.18. The number of alkyl halides is 3. The largest absolute Gasteiger partial charge is 0.419 e. The Kier molecular flexibility index (Phi) is 2.49. The molecule has 1 heterocycles. The number of guanidine groups is 1. The number of nitrogens with zero attached hydrogens (tertiary/aromatic N) is 2. The van der Waals surface area contributed by atoms with Gasteiger partial charge >= 0.3 is 6.18 Å². The van der Waals surface area contributed by atoms with E-state index in [0.29, 0.717) is 0 Å². The topological polar surface area (TPSA) is 82.1 Å². The molecule has 4 N–H and O–H groups in total. The van der Waals surface area contributed by atoms with E-state index in [-0.39, 0.29) is 6.54 Å². The normalized spacial score (nSPS) is 29.7. The maximum absolute atomic E-state index is 12.3. The summed E-state index contributed by atoms with van der Waals surface area (Å²) < 4.78 is 36.8. The second-order valence-corrected chi connectivity index (χ2v) is 3.16. The van der Waals surface area contributed by atoms with E-state index < -0.39 is 30.7 Å². The zero-order valence-electron chi connectivity index (χ0n) is 7.12. The van der Waals surface area contributed by atoms with E-state index in [4.69, 9.17) is 10.9 Å². The van der Waals surface area contributed by atoms with Crippen molar-refractivity contribution < 1.29 is 23.5 Å². The summed E-state index contributed by atoms with van der Waals surface area (Å²) in [5.41, 5.74) is 2.33. The van der Waals surface area contributed by atoms with Crippen LogP contribution >= 0.6 is 0 Å². The molecule has 0 aromatic carbocycles. The predicted molar refractivity (Wildman–Crippen MR) is 40.6 cm³/mol. The van der Waals surface area contributed by atoms with Gasteiger partial charge in [0.1, 0.15) is 0 Å². The lowest BCUT2D eigenvalue weighted by molar-refractivity contribution is -0.253. The number of nitrogens with two attached hydrogens (primary N) is 1. The van der Waals surface area contributed by atoms with E-state index >= 15 is 0 Å². The molecule has 0 aromatic rings. The number of aliphatic hydroxyl groups is 1. The van der Waals surface area contributed by atoms with Crippen molar-refractivity contribution >= 4 is 5.96 Å². The van der Waals surface area contributed by atoms with Crippen LogP contribution in [0, 0.1) is 0 Å². The fourth-order valence-corrected chi connectivity index (χ4v) is 1.28. The number of halogens is 3. The molecule has 0 amide bonds. The molecule has 5 nitrogen and oxygen atoms in total. The van der Waals surface area contributed by atoms with Crippen molar-refractivity contribution in [3.8, 4) is 0 Å². The fraction of sp³-hybridized carbons (Fsp3) is 0.833. The third-order valence-corrected chi connectivity index (χ3v) is 2.20. The van der Waals surface area contributed by atoms with Crippen molar-refractivity contribution in [1.82, 2.24) is 4.90 Å². The summed E-state index contributed by atoms with van der Waals surface area (Å²) >= 11 is 0. The predicted octanol–water partition coefficient (Wildman–Crippen LogP) is -0.311. The van der Waals surface area contributed by atoms with Crippen molar-refractivity contribution in [2.24, 2.45) is 10.9 Å². The minimum absolute atomic E-state index is 0.0914. The van der Waals surface area contributed by atoms with Crippen LogP contribution < -0.4 is 5.73 Å². The van der Waals surface area contributed by atoms with Gasteiger partial charge in [-0.25, -0.2) is 0 Å². The molecule has 0 saturated carbocycles. The average Bonchev–Trinajstić information content (AvgIpc) is 2.47. The number of oxime groups is 1. The van der Waals surface area contributed by atoms with Crippen molar-refractivity contribution in [3.05, 3.63) is 0 Å². The van der Waals surface area contributed by atoms with Crippen molar-refractivity contribution in [2.45, 2.75) is 18.2 Å². The number of β-amino-alcohol motifs (C(OH)–C–C–N with tert-alkyl or cyclic N) is 1. The summed E-state index contributed by atoms with van der Waals surface area (Å²) in [6.45, 7) is -0.793. The second-order valence-electron chi connectivity index (χ2n) is 3.16. The molecule has 1 atom stereocenters. The Morgan fingerprint density at radius 3 is 2.43 bits per heavy atom. The molecule has 0 spiro atoms. The van der Waals surface area contributed by atoms with Gasteiger partial charge in [0.2, 0.25) is 5.96 Å². The highest BCUT2D eigenvalue weighted by molar-refractivity contribution is 5.77. The first-order chi connectivity index (χ1) is 6.30.